The van der Waals surface area contributed by atoms with Crippen LogP contribution in [0.2, 0.25) is 0 Å². The Balaban J connectivity index is 3.25. The van der Waals surface area contributed by atoms with Crippen molar-refractivity contribution in [1.29, 1.82) is 5.41 Å². The lowest BCUT2D eigenvalue weighted by atomic mass is 10.2. The zero-order valence-electron chi connectivity index (χ0n) is 7.03. The predicted molar refractivity (Wildman–Crippen MR) is 48.8 cm³/mol. The summed E-state index contributed by atoms with van der Waals surface area (Å²) in [5.41, 5.74) is 1.94. The van der Waals surface area contributed by atoms with E-state index in [1.165, 1.54) is 6.08 Å². The highest BCUT2D eigenvalue weighted by molar-refractivity contribution is 5.61. The van der Waals surface area contributed by atoms with E-state index in [4.69, 9.17) is 5.41 Å². The Hall–Kier alpha value is -2.02. The van der Waals surface area contributed by atoms with Gasteiger partial charge in [-0.1, -0.05) is 6.07 Å². The van der Waals surface area contributed by atoms with Crippen LogP contribution in [0.25, 0.3) is 0 Å². The molecule has 0 saturated heterocycles. The summed E-state index contributed by atoms with van der Waals surface area (Å²) in [5.74, 6) is 0. The Morgan fingerprint density at radius 3 is 2.77 bits per heavy atom. The molecular weight excluding hydrogens is 166 g/mol. The summed E-state index contributed by atoms with van der Waals surface area (Å²) in [7, 11) is 0. The molecule has 4 heteroatoms. The Morgan fingerprint density at radius 1 is 1.38 bits per heavy atom. The van der Waals surface area contributed by atoms with Gasteiger partial charge in [0, 0.05) is 0 Å². The fraction of sp³-hybridized carbons (Fsp3) is 0.111. The van der Waals surface area contributed by atoms with Crippen molar-refractivity contribution in [3.05, 3.63) is 23.8 Å². The molecule has 0 unspecified atom stereocenters. The fourth-order valence-corrected chi connectivity index (χ4v) is 0.902. The maximum absolute atomic E-state index is 10.0. The van der Waals surface area contributed by atoms with Crippen LogP contribution in [-0.2, 0) is 4.79 Å². The molecule has 0 bridgehead atoms. The first-order chi connectivity index (χ1) is 6.27. The Bertz CT molecular complexity index is 413. The molecule has 0 atom stereocenters. The highest BCUT2D eigenvalue weighted by Gasteiger charge is 1.97. The summed E-state index contributed by atoms with van der Waals surface area (Å²) < 4.78 is 0. The summed E-state index contributed by atoms with van der Waals surface area (Å²) in [5, 5.41) is 6.64. The zero-order valence-corrected chi connectivity index (χ0v) is 7.03. The van der Waals surface area contributed by atoms with Crippen LogP contribution >= 0.6 is 0 Å². The highest BCUT2D eigenvalue weighted by Crippen LogP contribution is 2.23. The molecule has 0 radical (unpaired) electrons. The number of aryl methyl sites for hydroxylation is 1. The van der Waals surface area contributed by atoms with E-state index >= 15 is 0 Å². The molecule has 0 saturated carbocycles. The van der Waals surface area contributed by atoms with Gasteiger partial charge in [0.2, 0.25) is 6.08 Å². The lowest BCUT2D eigenvalue weighted by Crippen LogP contribution is -1.73. The molecule has 0 fully saturated rings. The molecular formula is C9H7N3O. The van der Waals surface area contributed by atoms with Crippen LogP contribution in [0.3, 0.4) is 0 Å². The molecule has 0 aromatic heterocycles. The molecule has 0 aliphatic rings. The minimum Gasteiger partial charge on any atom is -0.241 e. The minimum atomic E-state index is 0.520. The molecule has 0 heterocycles. The van der Waals surface area contributed by atoms with Crippen LogP contribution in [0.15, 0.2) is 28.2 Å². The van der Waals surface area contributed by atoms with Crippen molar-refractivity contribution in [3.8, 4) is 0 Å². The van der Waals surface area contributed by atoms with Crippen LogP contribution in [0, 0.1) is 12.3 Å². The first-order valence-electron chi connectivity index (χ1n) is 3.59. The number of nitrogens with one attached hydrogen (secondary N) is 1. The van der Waals surface area contributed by atoms with Crippen LogP contribution in [0.5, 0.6) is 0 Å². The molecule has 4 nitrogen and oxygen atoms in total. The first-order valence-corrected chi connectivity index (χ1v) is 3.59. The smallest absolute Gasteiger partial charge is 0.240 e. The van der Waals surface area contributed by atoms with Gasteiger partial charge in [0.1, 0.15) is 0 Å². The number of rotatable bonds is 2. The van der Waals surface area contributed by atoms with Gasteiger partial charge in [-0.25, -0.2) is 10.2 Å². The number of benzene rings is 1. The third-order valence-corrected chi connectivity index (χ3v) is 1.54. The van der Waals surface area contributed by atoms with Gasteiger partial charge in [0.05, 0.1) is 17.4 Å². The van der Waals surface area contributed by atoms with Gasteiger partial charge in [0.25, 0.3) is 0 Å². The van der Waals surface area contributed by atoms with E-state index in [0.29, 0.717) is 11.4 Å². The highest BCUT2D eigenvalue weighted by atomic mass is 16.1. The summed E-state index contributed by atoms with van der Waals surface area (Å²) in [4.78, 5) is 17.1. The zero-order chi connectivity index (χ0) is 9.68. The normalized spacial score (nSPS) is 8.38. The van der Waals surface area contributed by atoms with Crippen molar-refractivity contribution in [1.82, 2.24) is 0 Å². The Labute approximate surface area is 75.2 Å². The molecule has 1 N–H and O–H groups in total. The van der Waals surface area contributed by atoms with E-state index in [1.54, 1.807) is 18.2 Å². The van der Waals surface area contributed by atoms with Crippen molar-refractivity contribution in [2.24, 2.45) is 9.98 Å². The number of isocyanates is 1. The topological polar surface area (TPSA) is 65.6 Å². The van der Waals surface area contributed by atoms with Crippen molar-refractivity contribution in [2.75, 3.05) is 0 Å². The molecule has 1 rings (SSSR count). The number of hydrogen-bond donors (Lipinski definition) is 1. The third kappa shape index (κ3) is 2.20. The number of carbonyl (C=O) groups excluding carboxylic acids is 1. The lowest BCUT2D eigenvalue weighted by Gasteiger charge is -1.97. The molecule has 0 aliphatic carbocycles. The van der Waals surface area contributed by atoms with Gasteiger partial charge >= 0.3 is 0 Å². The maximum Gasteiger partial charge on any atom is 0.240 e. The Kier molecular flexibility index (Phi) is 2.87. The number of hydrogen-bond acceptors (Lipinski definition) is 4. The van der Waals surface area contributed by atoms with Gasteiger partial charge in [-0.2, -0.15) is 9.98 Å². The van der Waals surface area contributed by atoms with Crippen molar-refractivity contribution in [3.63, 3.8) is 0 Å². The van der Waals surface area contributed by atoms with Crippen LogP contribution < -0.4 is 0 Å². The third-order valence-electron chi connectivity index (χ3n) is 1.54. The van der Waals surface area contributed by atoms with E-state index in [1.807, 2.05) is 12.9 Å². The fourth-order valence-electron chi connectivity index (χ4n) is 0.902. The summed E-state index contributed by atoms with van der Waals surface area (Å²) in [6.07, 6.45) is 1.46. The second-order valence-corrected chi connectivity index (χ2v) is 2.40. The summed E-state index contributed by atoms with van der Waals surface area (Å²) >= 11 is 0. The maximum atomic E-state index is 10.0. The van der Waals surface area contributed by atoms with Gasteiger partial charge in [-0.05, 0) is 24.6 Å². The summed E-state index contributed by atoms with van der Waals surface area (Å²) in [6, 6.07) is 7.00. The van der Waals surface area contributed by atoms with Gasteiger partial charge in [-0.3, -0.25) is 0 Å². The second-order valence-electron chi connectivity index (χ2n) is 2.40. The largest absolute Gasteiger partial charge is 0.241 e. The first kappa shape index (κ1) is 9.07. The Morgan fingerprint density at radius 2 is 2.15 bits per heavy atom. The van der Waals surface area contributed by atoms with Crippen molar-refractivity contribution >= 4 is 23.5 Å². The van der Waals surface area contributed by atoms with Crippen LogP contribution in [0.4, 0.5) is 11.4 Å². The van der Waals surface area contributed by atoms with Crippen molar-refractivity contribution < 1.29 is 4.79 Å². The van der Waals surface area contributed by atoms with Crippen LogP contribution in [-0.4, -0.2) is 12.1 Å². The van der Waals surface area contributed by atoms with Gasteiger partial charge < -0.3 is 0 Å². The monoisotopic (exact) mass is 173 g/mol. The lowest BCUT2D eigenvalue weighted by molar-refractivity contribution is 0.565. The quantitative estimate of drug-likeness (QED) is 0.541. The average molecular weight is 173 g/mol. The van der Waals surface area contributed by atoms with Crippen LogP contribution in [0.1, 0.15) is 5.56 Å². The molecule has 0 spiro atoms. The molecule has 0 aliphatic heterocycles. The van der Waals surface area contributed by atoms with Gasteiger partial charge in [-0.15, -0.1) is 0 Å². The van der Waals surface area contributed by atoms with E-state index in [2.05, 4.69) is 9.98 Å². The molecule has 0 amide bonds. The number of aliphatic imine (C=N–C) groups is 2. The van der Waals surface area contributed by atoms with E-state index < -0.39 is 0 Å². The summed E-state index contributed by atoms with van der Waals surface area (Å²) in [6.45, 7) is 1.83. The molecule has 64 valence electrons. The molecule has 1 aromatic carbocycles. The van der Waals surface area contributed by atoms with E-state index in [0.717, 1.165) is 5.56 Å². The number of nitrogens with zero attached hydrogens (tertiary/aromatic N) is 2. The average Bonchev–Trinajstić information content (AvgIpc) is 2.12. The predicted octanol–water partition coefficient (Wildman–Crippen LogP) is 2.35. The molecule has 13 heavy (non-hydrogen) atoms. The van der Waals surface area contributed by atoms with Gasteiger partial charge in [0.15, 0.2) is 0 Å². The standard InChI is InChI=1S/C9H7N3O/c1-7-2-3-8(11-5-10)4-9(7)12-6-13/h2-4,10H,1H3. The SMILES string of the molecule is Cc1ccc(N=C=N)cc1N=C=O. The van der Waals surface area contributed by atoms with E-state index in [9.17, 15) is 4.79 Å². The minimum absolute atomic E-state index is 0.520. The van der Waals surface area contributed by atoms with Crippen molar-refractivity contribution in [2.45, 2.75) is 6.92 Å². The second kappa shape index (κ2) is 4.12. The van der Waals surface area contributed by atoms with E-state index in [-0.39, 0.29) is 0 Å². The molecule has 1 aromatic rings.